The Balaban J connectivity index is 1.32. The number of nitrogens with zero attached hydrogens (tertiary/aromatic N) is 2. The Bertz CT molecular complexity index is 1120. The number of benzene rings is 2. The van der Waals surface area contributed by atoms with Crippen LogP contribution in [-0.4, -0.2) is 59.5 Å². The summed E-state index contributed by atoms with van der Waals surface area (Å²) in [5.41, 5.74) is 2.21. The number of piperazine rings is 1. The predicted octanol–water partition coefficient (Wildman–Crippen LogP) is 1.76. The minimum atomic E-state index is -0.637. The molecule has 32 heavy (non-hydrogen) atoms. The molecule has 1 saturated heterocycles. The molecule has 0 aliphatic carbocycles. The average Bonchev–Trinajstić information content (AvgIpc) is 3.19. The molecule has 3 aromatic rings. The first kappa shape index (κ1) is 21.8. The van der Waals surface area contributed by atoms with E-state index in [4.69, 9.17) is 4.74 Å². The molecule has 1 aliphatic rings. The zero-order valence-electron chi connectivity index (χ0n) is 17.9. The van der Waals surface area contributed by atoms with Crippen molar-refractivity contribution in [1.82, 2.24) is 25.5 Å². The Morgan fingerprint density at radius 1 is 1.31 bits per heavy atom. The molecule has 9 heteroatoms. The number of halogens is 1. The second-order valence-electron chi connectivity index (χ2n) is 7.74. The third kappa shape index (κ3) is 5.05. The van der Waals surface area contributed by atoms with E-state index in [0.717, 1.165) is 22.6 Å². The number of H-pyrrole nitrogens is 1. The summed E-state index contributed by atoms with van der Waals surface area (Å²) < 4.78 is 19.3. The van der Waals surface area contributed by atoms with Crippen molar-refractivity contribution < 1.29 is 18.7 Å². The number of methoxy groups -OCH3 is 1. The van der Waals surface area contributed by atoms with Gasteiger partial charge in [-0.3, -0.25) is 14.5 Å². The Kier molecular flexibility index (Phi) is 6.65. The number of hydrogen-bond donors (Lipinski definition) is 3. The first-order valence-corrected chi connectivity index (χ1v) is 10.6. The lowest BCUT2D eigenvalue weighted by molar-refractivity contribution is -0.134. The van der Waals surface area contributed by atoms with Gasteiger partial charge in [0.05, 0.1) is 30.6 Å². The summed E-state index contributed by atoms with van der Waals surface area (Å²) >= 11 is 0. The van der Waals surface area contributed by atoms with Crippen LogP contribution in [0.25, 0.3) is 11.0 Å². The van der Waals surface area contributed by atoms with E-state index < -0.39 is 6.04 Å². The van der Waals surface area contributed by atoms with Crippen molar-refractivity contribution in [3.05, 3.63) is 59.7 Å². The molecule has 0 radical (unpaired) electrons. The predicted molar refractivity (Wildman–Crippen MR) is 118 cm³/mol. The van der Waals surface area contributed by atoms with E-state index in [9.17, 15) is 14.0 Å². The van der Waals surface area contributed by atoms with Crippen LogP contribution in [0, 0.1) is 5.82 Å². The highest BCUT2D eigenvalue weighted by atomic mass is 19.1. The standard InChI is InChI=1S/C23H26FN5O3/c1-32-16-6-7-18-19(12-16)28-21(27-18)8-9-25-22(30)13-20-23(31)26-10-11-29(20)14-15-4-2-3-5-17(15)24/h2-7,12,20H,8-11,13-14H2,1H3,(H,25,30)(H,26,31)(H,27,28)/t20-/m0/s1. The number of hydrogen-bond acceptors (Lipinski definition) is 5. The fraction of sp³-hybridized carbons (Fsp3) is 0.348. The van der Waals surface area contributed by atoms with Crippen molar-refractivity contribution in [2.45, 2.75) is 25.4 Å². The highest BCUT2D eigenvalue weighted by Gasteiger charge is 2.31. The largest absolute Gasteiger partial charge is 0.497 e. The fourth-order valence-corrected chi connectivity index (χ4v) is 3.87. The van der Waals surface area contributed by atoms with Crippen LogP contribution in [0.4, 0.5) is 4.39 Å². The normalized spacial score (nSPS) is 16.7. The topological polar surface area (TPSA) is 99.3 Å². The lowest BCUT2D eigenvalue weighted by Crippen LogP contribution is -2.56. The van der Waals surface area contributed by atoms with Crippen LogP contribution in [0.15, 0.2) is 42.5 Å². The van der Waals surface area contributed by atoms with Gasteiger partial charge in [-0.05, 0) is 18.2 Å². The van der Waals surface area contributed by atoms with Gasteiger partial charge in [0.2, 0.25) is 11.8 Å². The number of imidazole rings is 1. The Morgan fingerprint density at radius 2 is 2.16 bits per heavy atom. The zero-order valence-corrected chi connectivity index (χ0v) is 17.9. The number of amides is 2. The molecule has 0 unspecified atom stereocenters. The molecule has 168 valence electrons. The summed E-state index contributed by atoms with van der Waals surface area (Å²) in [6, 6.07) is 11.4. The fourth-order valence-electron chi connectivity index (χ4n) is 3.87. The highest BCUT2D eigenvalue weighted by molar-refractivity contribution is 5.88. The number of nitrogens with one attached hydrogen (secondary N) is 3. The molecule has 0 bridgehead atoms. The van der Waals surface area contributed by atoms with E-state index in [1.165, 1.54) is 6.07 Å². The quantitative estimate of drug-likeness (QED) is 0.497. The highest BCUT2D eigenvalue weighted by Crippen LogP contribution is 2.19. The van der Waals surface area contributed by atoms with Crippen LogP contribution >= 0.6 is 0 Å². The number of aromatic nitrogens is 2. The van der Waals surface area contributed by atoms with Crippen LogP contribution in [0.1, 0.15) is 17.8 Å². The molecule has 1 aromatic heterocycles. The summed E-state index contributed by atoms with van der Waals surface area (Å²) in [7, 11) is 1.61. The molecule has 2 aromatic carbocycles. The third-order valence-corrected chi connectivity index (χ3v) is 5.57. The minimum Gasteiger partial charge on any atom is -0.497 e. The van der Waals surface area contributed by atoms with Crippen molar-refractivity contribution in [1.29, 1.82) is 0 Å². The molecule has 3 N–H and O–H groups in total. The van der Waals surface area contributed by atoms with E-state index >= 15 is 0 Å². The summed E-state index contributed by atoms with van der Waals surface area (Å²) in [5, 5.41) is 5.65. The van der Waals surface area contributed by atoms with E-state index in [-0.39, 0.29) is 30.6 Å². The monoisotopic (exact) mass is 439 g/mol. The maximum atomic E-state index is 14.1. The van der Waals surface area contributed by atoms with Gasteiger partial charge < -0.3 is 20.4 Å². The molecule has 0 spiro atoms. The molecular weight excluding hydrogens is 413 g/mol. The first-order valence-electron chi connectivity index (χ1n) is 10.6. The number of fused-ring (bicyclic) bond motifs is 1. The number of aromatic amines is 1. The van der Waals surface area contributed by atoms with Gasteiger partial charge in [0.25, 0.3) is 0 Å². The summed E-state index contributed by atoms with van der Waals surface area (Å²) in [6.07, 6.45) is 0.538. The van der Waals surface area contributed by atoms with Gasteiger partial charge in [-0.2, -0.15) is 0 Å². The molecule has 2 amide bonds. The van der Waals surface area contributed by atoms with Crippen molar-refractivity contribution in [2.24, 2.45) is 0 Å². The van der Waals surface area contributed by atoms with E-state index in [1.807, 2.05) is 23.1 Å². The summed E-state index contributed by atoms with van der Waals surface area (Å²) in [5.74, 6) is 0.735. The van der Waals surface area contributed by atoms with E-state index in [0.29, 0.717) is 31.6 Å². The zero-order chi connectivity index (χ0) is 22.5. The summed E-state index contributed by atoms with van der Waals surface area (Å²) in [6.45, 7) is 1.70. The third-order valence-electron chi connectivity index (χ3n) is 5.57. The Hall–Kier alpha value is -3.46. The lowest BCUT2D eigenvalue weighted by Gasteiger charge is -2.34. The van der Waals surface area contributed by atoms with Gasteiger partial charge in [-0.15, -0.1) is 0 Å². The van der Waals surface area contributed by atoms with E-state index in [2.05, 4.69) is 20.6 Å². The van der Waals surface area contributed by atoms with Crippen LogP contribution in [0.3, 0.4) is 0 Å². The van der Waals surface area contributed by atoms with Crippen LogP contribution in [-0.2, 0) is 22.6 Å². The smallest absolute Gasteiger partial charge is 0.237 e. The first-order chi connectivity index (χ1) is 15.5. The van der Waals surface area contributed by atoms with Gasteiger partial charge in [0.15, 0.2) is 0 Å². The summed E-state index contributed by atoms with van der Waals surface area (Å²) in [4.78, 5) is 34.5. The molecule has 2 heterocycles. The molecule has 0 saturated carbocycles. The number of ether oxygens (including phenoxy) is 1. The molecule has 1 atom stereocenters. The van der Waals surface area contributed by atoms with Crippen molar-refractivity contribution in [3.8, 4) is 5.75 Å². The number of carbonyl (C=O) groups is 2. The maximum absolute atomic E-state index is 14.1. The van der Waals surface area contributed by atoms with Crippen molar-refractivity contribution >= 4 is 22.8 Å². The molecule has 1 fully saturated rings. The second-order valence-corrected chi connectivity index (χ2v) is 7.74. The van der Waals surface area contributed by atoms with Gasteiger partial charge in [-0.25, -0.2) is 9.37 Å². The van der Waals surface area contributed by atoms with Crippen LogP contribution < -0.4 is 15.4 Å². The minimum absolute atomic E-state index is 0.0115. The van der Waals surface area contributed by atoms with Gasteiger partial charge in [0, 0.05) is 44.2 Å². The Morgan fingerprint density at radius 3 is 2.97 bits per heavy atom. The molecule has 4 rings (SSSR count). The second kappa shape index (κ2) is 9.78. The average molecular weight is 439 g/mol. The lowest BCUT2D eigenvalue weighted by atomic mass is 10.1. The van der Waals surface area contributed by atoms with Crippen LogP contribution in [0.2, 0.25) is 0 Å². The molecule has 8 nitrogen and oxygen atoms in total. The Labute approximate surface area is 185 Å². The SMILES string of the molecule is COc1ccc2nc(CCNC(=O)C[C@H]3C(=O)NCCN3Cc3ccccc3F)[nH]c2c1. The van der Waals surface area contributed by atoms with Crippen LogP contribution in [0.5, 0.6) is 5.75 Å². The number of rotatable bonds is 8. The van der Waals surface area contributed by atoms with E-state index in [1.54, 1.807) is 25.3 Å². The van der Waals surface area contributed by atoms with Crippen molar-refractivity contribution in [2.75, 3.05) is 26.7 Å². The molecular formula is C23H26FN5O3. The maximum Gasteiger partial charge on any atom is 0.237 e. The van der Waals surface area contributed by atoms with Crippen molar-refractivity contribution in [3.63, 3.8) is 0 Å². The number of carbonyl (C=O) groups excluding carboxylic acids is 2. The van der Waals surface area contributed by atoms with Gasteiger partial charge in [0.1, 0.15) is 17.4 Å². The van der Waals surface area contributed by atoms with Gasteiger partial charge >= 0.3 is 0 Å². The van der Waals surface area contributed by atoms with Gasteiger partial charge in [-0.1, -0.05) is 18.2 Å². The molecule has 1 aliphatic heterocycles.